The lowest BCUT2D eigenvalue weighted by Crippen LogP contribution is -2.26. The van der Waals surface area contributed by atoms with Crippen molar-refractivity contribution < 1.29 is 9.90 Å². The van der Waals surface area contributed by atoms with Gasteiger partial charge in [0.1, 0.15) is 0 Å². The Morgan fingerprint density at radius 3 is 2.10 bits per heavy atom. The number of carbonyl (C=O) groups is 1. The highest BCUT2D eigenvalue weighted by Crippen LogP contribution is 2.29. The van der Waals surface area contributed by atoms with Crippen LogP contribution in [0.3, 0.4) is 0 Å². The van der Waals surface area contributed by atoms with E-state index >= 15 is 0 Å². The molecule has 2 rings (SSSR count). The second-order valence-corrected chi connectivity index (χ2v) is 6.51. The summed E-state index contributed by atoms with van der Waals surface area (Å²) in [6.07, 6.45) is 0.490. The molecule has 2 aromatic carbocycles. The third-order valence-corrected chi connectivity index (χ3v) is 4.17. The van der Waals surface area contributed by atoms with Crippen molar-refractivity contribution in [3.05, 3.63) is 58.1 Å². The highest BCUT2D eigenvalue weighted by molar-refractivity contribution is 6.42. The van der Waals surface area contributed by atoms with Crippen molar-refractivity contribution in [1.82, 2.24) is 0 Å². The first-order chi connectivity index (χ1) is 9.79. The van der Waals surface area contributed by atoms with Crippen LogP contribution >= 0.6 is 23.2 Å². The zero-order valence-corrected chi connectivity index (χ0v) is 13.4. The van der Waals surface area contributed by atoms with Crippen LogP contribution in [0.25, 0.3) is 11.1 Å². The molecule has 0 radical (unpaired) electrons. The maximum Gasteiger partial charge on any atom is 0.309 e. The molecule has 0 aliphatic rings. The second-order valence-electron chi connectivity index (χ2n) is 5.69. The number of carboxylic acids is 1. The topological polar surface area (TPSA) is 37.3 Å². The van der Waals surface area contributed by atoms with Gasteiger partial charge in [0.15, 0.2) is 0 Å². The Morgan fingerprint density at radius 2 is 1.57 bits per heavy atom. The Labute approximate surface area is 134 Å². The van der Waals surface area contributed by atoms with E-state index in [1.165, 1.54) is 0 Å². The Kier molecular flexibility index (Phi) is 4.60. The SMILES string of the molecule is CC(C)(Cc1ccc(-c2ccc(Cl)c(Cl)c2)cc1)C(=O)O. The van der Waals surface area contributed by atoms with Crippen LogP contribution in [0.5, 0.6) is 0 Å². The fourth-order valence-corrected chi connectivity index (χ4v) is 2.37. The molecule has 4 heteroatoms. The van der Waals surface area contributed by atoms with E-state index in [-0.39, 0.29) is 0 Å². The quantitative estimate of drug-likeness (QED) is 0.827. The van der Waals surface area contributed by atoms with Crippen LogP contribution in [0, 0.1) is 5.41 Å². The predicted octanol–water partition coefficient (Wildman–Crippen LogP) is 5.31. The van der Waals surface area contributed by atoms with Crippen LogP contribution in [-0.2, 0) is 11.2 Å². The lowest BCUT2D eigenvalue weighted by molar-refractivity contribution is -0.146. The van der Waals surface area contributed by atoms with Crippen molar-refractivity contribution in [3.63, 3.8) is 0 Å². The Balaban J connectivity index is 2.23. The fourth-order valence-electron chi connectivity index (χ4n) is 2.08. The van der Waals surface area contributed by atoms with Gasteiger partial charge in [-0.15, -0.1) is 0 Å². The molecule has 0 saturated heterocycles. The molecule has 0 unspecified atom stereocenters. The molecule has 0 saturated carbocycles. The van der Waals surface area contributed by atoms with Crippen LogP contribution in [0.15, 0.2) is 42.5 Å². The summed E-state index contributed by atoms with van der Waals surface area (Å²) in [7, 11) is 0. The van der Waals surface area contributed by atoms with E-state index in [0.29, 0.717) is 16.5 Å². The molecule has 2 aromatic rings. The first kappa shape index (κ1) is 15.9. The summed E-state index contributed by atoms with van der Waals surface area (Å²) < 4.78 is 0. The number of hydrogen-bond donors (Lipinski definition) is 1. The maximum absolute atomic E-state index is 11.2. The summed E-state index contributed by atoms with van der Waals surface area (Å²) in [5.74, 6) is -0.795. The van der Waals surface area contributed by atoms with Gasteiger partial charge in [0.25, 0.3) is 0 Å². The number of halogens is 2. The molecule has 2 nitrogen and oxygen atoms in total. The number of aliphatic carboxylic acids is 1. The van der Waals surface area contributed by atoms with E-state index in [1.54, 1.807) is 19.9 Å². The first-order valence-corrected chi connectivity index (χ1v) is 7.33. The van der Waals surface area contributed by atoms with E-state index in [9.17, 15) is 4.79 Å². The van der Waals surface area contributed by atoms with Gasteiger partial charge in [0, 0.05) is 0 Å². The normalized spacial score (nSPS) is 11.4. The molecular weight excluding hydrogens is 307 g/mol. The third-order valence-electron chi connectivity index (χ3n) is 3.43. The van der Waals surface area contributed by atoms with Gasteiger partial charge < -0.3 is 5.11 Å². The van der Waals surface area contributed by atoms with Crippen LogP contribution in [0.2, 0.25) is 10.0 Å². The Morgan fingerprint density at radius 1 is 1.00 bits per heavy atom. The lowest BCUT2D eigenvalue weighted by Gasteiger charge is -2.19. The predicted molar refractivity (Wildman–Crippen MR) is 87.0 cm³/mol. The fraction of sp³-hybridized carbons (Fsp3) is 0.235. The van der Waals surface area contributed by atoms with Crippen molar-refractivity contribution in [1.29, 1.82) is 0 Å². The maximum atomic E-state index is 11.2. The van der Waals surface area contributed by atoms with Gasteiger partial charge in [-0.25, -0.2) is 0 Å². The van der Waals surface area contributed by atoms with E-state index in [2.05, 4.69) is 0 Å². The zero-order valence-electron chi connectivity index (χ0n) is 11.9. The largest absolute Gasteiger partial charge is 0.481 e. The van der Waals surface area contributed by atoms with Crippen molar-refractivity contribution in [2.45, 2.75) is 20.3 Å². The van der Waals surface area contributed by atoms with E-state index in [1.807, 2.05) is 36.4 Å². The van der Waals surface area contributed by atoms with Gasteiger partial charge in [-0.2, -0.15) is 0 Å². The number of rotatable bonds is 4. The minimum absolute atomic E-state index is 0.490. The summed E-state index contributed by atoms with van der Waals surface area (Å²) in [5, 5.41) is 10.2. The number of carboxylic acid groups (broad SMARTS) is 1. The molecule has 21 heavy (non-hydrogen) atoms. The van der Waals surface area contributed by atoms with E-state index in [4.69, 9.17) is 28.3 Å². The van der Waals surface area contributed by atoms with Crippen molar-refractivity contribution >= 4 is 29.2 Å². The zero-order chi connectivity index (χ0) is 15.6. The van der Waals surface area contributed by atoms with Crippen LogP contribution in [0.4, 0.5) is 0 Å². The van der Waals surface area contributed by atoms with Crippen LogP contribution < -0.4 is 0 Å². The van der Waals surface area contributed by atoms with Gasteiger partial charge in [-0.3, -0.25) is 4.79 Å². The lowest BCUT2D eigenvalue weighted by atomic mass is 9.85. The van der Waals surface area contributed by atoms with Gasteiger partial charge in [-0.05, 0) is 49.1 Å². The average Bonchev–Trinajstić information content (AvgIpc) is 2.42. The standard InChI is InChI=1S/C17H16Cl2O2/c1-17(2,16(20)21)10-11-3-5-12(6-4-11)13-7-8-14(18)15(19)9-13/h3-9H,10H2,1-2H3,(H,20,21). The molecule has 0 fully saturated rings. The third kappa shape index (κ3) is 3.78. The number of benzene rings is 2. The summed E-state index contributed by atoms with van der Waals surface area (Å²) in [4.78, 5) is 11.2. The van der Waals surface area contributed by atoms with Gasteiger partial charge in [0.2, 0.25) is 0 Å². The van der Waals surface area contributed by atoms with Crippen molar-refractivity contribution in [2.75, 3.05) is 0 Å². The molecular formula is C17H16Cl2O2. The Hall–Kier alpha value is -1.51. The minimum Gasteiger partial charge on any atom is -0.481 e. The Bertz CT molecular complexity index is 661. The molecule has 0 heterocycles. The van der Waals surface area contributed by atoms with E-state index < -0.39 is 11.4 Å². The molecule has 0 aromatic heterocycles. The number of hydrogen-bond acceptors (Lipinski definition) is 1. The second kappa shape index (κ2) is 6.08. The molecule has 0 aliphatic heterocycles. The average molecular weight is 323 g/mol. The summed E-state index contributed by atoms with van der Waals surface area (Å²) >= 11 is 11.9. The molecule has 0 aliphatic carbocycles. The van der Waals surface area contributed by atoms with Crippen LogP contribution in [0.1, 0.15) is 19.4 Å². The molecule has 110 valence electrons. The van der Waals surface area contributed by atoms with Crippen molar-refractivity contribution in [3.8, 4) is 11.1 Å². The van der Waals surface area contributed by atoms with Gasteiger partial charge in [0.05, 0.1) is 15.5 Å². The molecule has 0 amide bonds. The molecule has 0 bridgehead atoms. The summed E-state index contributed by atoms with van der Waals surface area (Å²) in [6.45, 7) is 3.45. The summed E-state index contributed by atoms with van der Waals surface area (Å²) in [6, 6.07) is 13.3. The first-order valence-electron chi connectivity index (χ1n) is 6.57. The molecule has 0 spiro atoms. The van der Waals surface area contributed by atoms with Gasteiger partial charge >= 0.3 is 5.97 Å². The molecule has 0 atom stereocenters. The van der Waals surface area contributed by atoms with E-state index in [0.717, 1.165) is 16.7 Å². The highest BCUT2D eigenvalue weighted by atomic mass is 35.5. The van der Waals surface area contributed by atoms with Gasteiger partial charge in [-0.1, -0.05) is 53.5 Å². The van der Waals surface area contributed by atoms with Crippen LogP contribution in [-0.4, -0.2) is 11.1 Å². The minimum atomic E-state index is -0.795. The smallest absolute Gasteiger partial charge is 0.309 e. The monoisotopic (exact) mass is 322 g/mol. The highest BCUT2D eigenvalue weighted by Gasteiger charge is 2.27. The van der Waals surface area contributed by atoms with Crippen molar-refractivity contribution in [2.24, 2.45) is 5.41 Å². The summed E-state index contributed by atoms with van der Waals surface area (Å²) in [5.41, 5.74) is 2.22. The molecule has 1 N–H and O–H groups in total.